The van der Waals surface area contributed by atoms with Gasteiger partial charge in [0.15, 0.2) is 5.76 Å². The monoisotopic (exact) mass is 347 g/mol. The van der Waals surface area contributed by atoms with Crippen LogP contribution >= 0.6 is 0 Å². The van der Waals surface area contributed by atoms with Crippen LogP contribution in [0.25, 0.3) is 11.3 Å². The average molecular weight is 347 g/mol. The summed E-state index contributed by atoms with van der Waals surface area (Å²) in [5, 5.41) is 13.2. The number of carboxylic acid groups (broad SMARTS) is 1. The van der Waals surface area contributed by atoms with Gasteiger partial charge in [0.2, 0.25) is 0 Å². The lowest BCUT2D eigenvalue weighted by Crippen LogP contribution is -2.49. The van der Waals surface area contributed by atoms with E-state index in [1.54, 1.807) is 18.2 Å². The predicted octanol–water partition coefficient (Wildman–Crippen LogP) is 3.54. The van der Waals surface area contributed by atoms with Crippen LogP contribution in [-0.2, 0) is 0 Å². The van der Waals surface area contributed by atoms with Gasteiger partial charge in [-0.3, -0.25) is 4.90 Å². The molecule has 1 N–H and O–H groups in total. The summed E-state index contributed by atoms with van der Waals surface area (Å²) < 4.78 is 19.5. The molecule has 0 aliphatic carbocycles. The van der Waals surface area contributed by atoms with Crippen LogP contribution in [-0.4, -0.2) is 52.3 Å². The number of benzene rings is 1. The first-order valence-corrected chi connectivity index (χ1v) is 8.44. The minimum atomic E-state index is -0.883. The van der Waals surface area contributed by atoms with E-state index in [1.807, 2.05) is 6.92 Å². The number of hydrogen-bond donors (Lipinski definition) is 1. The van der Waals surface area contributed by atoms with E-state index in [0.717, 1.165) is 17.7 Å². The molecule has 2 aromatic rings. The second-order valence-corrected chi connectivity index (χ2v) is 6.33. The molecule has 25 heavy (non-hydrogen) atoms. The van der Waals surface area contributed by atoms with Gasteiger partial charge in [-0.2, -0.15) is 0 Å². The van der Waals surface area contributed by atoms with E-state index in [4.69, 9.17) is 9.63 Å². The Morgan fingerprint density at radius 1 is 1.32 bits per heavy atom. The van der Waals surface area contributed by atoms with Crippen molar-refractivity contribution in [2.45, 2.75) is 26.3 Å². The first kappa shape index (κ1) is 17.4. The number of hydrogen-bond acceptors (Lipinski definition) is 4. The third-order valence-electron chi connectivity index (χ3n) is 4.67. The zero-order chi connectivity index (χ0) is 18.0. The largest absolute Gasteiger partial charge is 0.465 e. The van der Waals surface area contributed by atoms with Gasteiger partial charge in [-0.15, -0.1) is 0 Å². The molecule has 1 aliphatic heterocycles. The summed E-state index contributed by atoms with van der Waals surface area (Å²) >= 11 is 0. The molecular weight excluding hydrogens is 325 g/mol. The van der Waals surface area contributed by atoms with Crippen LogP contribution in [0.3, 0.4) is 0 Å². The SMILES string of the molecule is CCC(c1cc(-c2cc(C)ccc2F)on1)N1CCN(C(=O)O)CC1. The highest BCUT2D eigenvalue weighted by Gasteiger charge is 2.28. The van der Waals surface area contributed by atoms with Gasteiger partial charge in [0.05, 0.1) is 11.6 Å². The Hall–Kier alpha value is -2.41. The molecule has 134 valence electrons. The summed E-state index contributed by atoms with van der Waals surface area (Å²) in [6.07, 6.45) is -0.0682. The highest BCUT2D eigenvalue weighted by atomic mass is 19.1. The van der Waals surface area contributed by atoms with E-state index in [-0.39, 0.29) is 11.9 Å². The van der Waals surface area contributed by atoms with Crippen molar-refractivity contribution in [1.29, 1.82) is 0 Å². The Morgan fingerprint density at radius 3 is 2.68 bits per heavy atom. The molecule has 1 aromatic carbocycles. The molecule has 1 atom stereocenters. The fraction of sp³-hybridized carbons (Fsp3) is 0.444. The molecule has 1 amide bonds. The molecule has 0 saturated carbocycles. The Kier molecular flexibility index (Phi) is 5.03. The van der Waals surface area contributed by atoms with Crippen LogP contribution in [0.1, 0.15) is 30.6 Å². The van der Waals surface area contributed by atoms with Crippen LogP contribution < -0.4 is 0 Å². The standard InChI is InChI=1S/C18H22FN3O3/c1-3-16(21-6-8-22(9-7-21)18(23)24)15-11-17(25-20-15)13-10-12(2)4-5-14(13)19/h4-5,10-11,16H,3,6-9H2,1-2H3,(H,23,24). The Bertz CT molecular complexity index is 754. The molecule has 7 heteroatoms. The molecule has 1 unspecified atom stereocenters. The van der Waals surface area contributed by atoms with Crippen LogP contribution in [0, 0.1) is 12.7 Å². The molecule has 0 radical (unpaired) electrons. The summed E-state index contributed by atoms with van der Waals surface area (Å²) in [6, 6.07) is 6.70. The van der Waals surface area contributed by atoms with Gasteiger partial charge >= 0.3 is 6.09 Å². The summed E-state index contributed by atoms with van der Waals surface area (Å²) in [5.74, 6) is 0.0789. The number of aryl methyl sites for hydroxylation is 1. The topological polar surface area (TPSA) is 69.8 Å². The van der Waals surface area contributed by atoms with Crippen molar-refractivity contribution in [1.82, 2.24) is 15.0 Å². The van der Waals surface area contributed by atoms with Crippen molar-refractivity contribution in [3.05, 3.63) is 41.3 Å². The smallest absolute Gasteiger partial charge is 0.407 e. The van der Waals surface area contributed by atoms with Gasteiger partial charge in [-0.05, 0) is 25.5 Å². The van der Waals surface area contributed by atoms with Crippen molar-refractivity contribution in [2.75, 3.05) is 26.2 Å². The normalized spacial score (nSPS) is 16.8. The molecule has 1 saturated heterocycles. The molecule has 1 aliphatic rings. The quantitative estimate of drug-likeness (QED) is 0.916. The highest BCUT2D eigenvalue weighted by molar-refractivity contribution is 5.65. The first-order valence-electron chi connectivity index (χ1n) is 8.44. The second-order valence-electron chi connectivity index (χ2n) is 6.33. The number of piperazine rings is 1. The van der Waals surface area contributed by atoms with Crippen molar-refractivity contribution < 1.29 is 18.8 Å². The third kappa shape index (κ3) is 3.66. The number of amides is 1. The maximum absolute atomic E-state index is 14.1. The summed E-state index contributed by atoms with van der Waals surface area (Å²) in [4.78, 5) is 14.7. The van der Waals surface area contributed by atoms with Crippen molar-refractivity contribution in [3.8, 4) is 11.3 Å². The van der Waals surface area contributed by atoms with Gasteiger partial charge in [0.1, 0.15) is 11.5 Å². The lowest BCUT2D eigenvalue weighted by atomic mass is 10.0. The van der Waals surface area contributed by atoms with Gasteiger partial charge in [-0.25, -0.2) is 9.18 Å². The van der Waals surface area contributed by atoms with E-state index in [0.29, 0.717) is 37.5 Å². The highest BCUT2D eigenvalue weighted by Crippen LogP contribution is 2.30. The molecule has 0 spiro atoms. The Balaban J connectivity index is 1.78. The van der Waals surface area contributed by atoms with E-state index in [9.17, 15) is 9.18 Å². The summed E-state index contributed by atoms with van der Waals surface area (Å²) in [7, 11) is 0. The number of halogens is 1. The molecule has 1 fully saturated rings. The van der Waals surface area contributed by atoms with E-state index < -0.39 is 6.09 Å². The summed E-state index contributed by atoms with van der Waals surface area (Å²) in [6.45, 7) is 6.19. The first-order chi connectivity index (χ1) is 12.0. The van der Waals surface area contributed by atoms with Gasteiger partial charge in [0, 0.05) is 32.2 Å². The zero-order valence-electron chi connectivity index (χ0n) is 14.4. The fourth-order valence-corrected chi connectivity index (χ4v) is 3.28. The van der Waals surface area contributed by atoms with Gasteiger partial charge in [-0.1, -0.05) is 23.7 Å². The minimum Gasteiger partial charge on any atom is -0.465 e. The molecule has 1 aromatic heterocycles. The van der Waals surface area contributed by atoms with Crippen LogP contribution in [0.15, 0.2) is 28.8 Å². The van der Waals surface area contributed by atoms with Crippen molar-refractivity contribution in [3.63, 3.8) is 0 Å². The average Bonchev–Trinajstić information content (AvgIpc) is 3.07. The molecule has 6 nitrogen and oxygen atoms in total. The van der Waals surface area contributed by atoms with Crippen molar-refractivity contribution >= 4 is 6.09 Å². The maximum Gasteiger partial charge on any atom is 0.407 e. The maximum atomic E-state index is 14.1. The third-order valence-corrected chi connectivity index (χ3v) is 4.67. The lowest BCUT2D eigenvalue weighted by molar-refractivity contribution is 0.0815. The van der Waals surface area contributed by atoms with Crippen LogP contribution in [0.4, 0.5) is 9.18 Å². The predicted molar refractivity (Wildman–Crippen MR) is 90.8 cm³/mol. The van der Waals surface area contributed by atoms with Gasteiger partial charge in [0.25, 0.3) is 0 Å². The lowest BCUT2D eigenvalue weighted by Gasteiger charge is -2.37. The number of aromatic nitrogens is 1. The van der Waals surface area contributed by atoms with E-state index in [2.05, 4.69) is 17.0 Å². The number of carbonyl (C=O) groups is 1. The fourth-order valence-electron chi connectivity index (χ4n) is 3.28. The Morgan fingerprint density at radius 2 is 2.04 bits per heavy atom. The van der Waals surface area contributed by atoms with Gasteiger partial charge < -0.3 is 14.5 Å². The van der Waals surface area contributed by atoms with Crippen LogP contribution in [0.2, 0.25) is 0 Å². The Labute approximate surface area is 145 Å². The van der Waals surface area contributed by atoms with E-state index >= 15 is 0 Å². The number of rotatable bonds is 4. The minimum absolute atomic E-state index is 0.0290. The van der Waals surface area contributed by atoms with Crippen LogP contribution in [0.5, 0.6) is 0 Å². The number of nitrogens with zero attached hydrogens (tertiary/aromatic N) is 3. The van der Waals surface area contributed by atoms with Crippen molar-refractivity contribution in [2.24, 2.45) is 0 Å². The molecular formula is C18H22FN3O3. The summed E-state index contributed by atoms with van der Waals surface area (Å²) in [5.41, 5.74) is 2.11. The zero-order valence-corrected chi connectivity index (χ0v) is 14.4. The molecule has 0 bridgehead atoms. The second kappa shape index (κ2) is 7.23. The molecule has 2 heterocycles. The van der Waals surface area contributed by atoms with E-state index in [1.165, 1.54) is 11.0 Å². The molecule has 3 rings (SSSR count).